The minimum Gasteiger partial charge on any atom is -0.496 e. The number of hydrogen-bond acceptors (Lipinski definition) is 3. The summed E-state index contributed by atoms with van der Waals surface area (Å²) in [5.74, 6) is 0.755. The van der Waals surface area contributed by atoms with Gasteiger partial charge in [-0.25, -0.2) is 0 Å². The maximum absolute atomic E-state index is 11.9. The van der Waals surface area contributed by atoms with Gasteiger partial charge in [-0.3, -0.25) is 4.79 Å². The number of carbonyl (C=O) groups excluding carboxylic acids is 1. The molecule has 21 heavy (non-hydrogen) atoms. The normalized spacial score (nSPS) is 13.7. The van der Waals surface area contributed by atoms with Crippen molar-refractivity contribution < 1.29 is 9.53 Å². The second kappa shape index (κ2) is 8.47. The Morgan fingerprint density at radius 2 is 2.00 bits per heavy atom. The van der Waals surface area contributed by atoms with Gasteiger partial charge in [-0.05, 0) is 30.7 Å². The largest absolute Gasteiger partial charge is 0.496 e. The second-order valence-electron chi connectivity index (χ2n) is 4.80. The van der Waals surface area contributed by atoms with Crippen molar-refractivity contribution in [2.24, 2.45) is 0 Å². The van der Waals surface area contributed by atoms with Crippen LogP contribution in [0.5, 0.6) is 5.75 Å². The SMILES string of the molecule is CC.COc1cc(C(=O)N(C)C)ccc1C1=CCNCC1. The quantitative estimate of drug-likeness (QED) is 0.930. The minimum atomic E-state index is -0.0101. The number of nitrogens with zero attached hydrogens (tertiary/aromatic N) is 1. The third-order valence-corrected chi connectivity index (χ3v) is 3.26. The standard InChI is InChI=1S/C15H20N2O2.C2H6/c1-17(2)15(18)12-4-5-13(14(10-12)19-3)11-6-8-16-9-7-11;1-2/h4-6,10,16H,7-9H2,1-3H3;1-2H3. The highest BCUT2D eigenvalue weighted by Gasteiger charge is 2.15. The van der Waals surface area contributed by atoms with Gasteiger partial charge in [0.15, 0.2) is 0 Å². The fourth-order valence-electron chi connectivity index (χ4n) is 2.21. The van der Waals surface area contributed by atoms with Crippen LogP contribution >= 0.6 is 0 Å². The Hall–Kier alpha value is -1.81. The predicted octanol–water partition coefficient (Wildman–Crippen LogP) is 2.80. The van der Waals surface area contributed by atoms with Crippen molar-refractivity contribution in [3.8, 4) is 5.75 Å². The first kappa shape index (κ1) is 17.2. The molecule has 0 atom stereocenters. The molecule has 1 amide bonds. The lowest BCUT2D eigenvalue weighted by molar-refractivity contribution is 0.0827. The van der Waals surface area contributed by atoms with E-state index in [1.807, 2.05) is 32.0 Å². The van der Waals surface area contributed by atoms with Crippen LogP contribution in [0, 0.1) is 0 Å². The number of rotatable bonds is 3. The lowest BCUT2D eigenvalue weighted by Crippen LogP contribution is -2.22. The molecule has 116 valence electrons. The monoisotopic (exact) mass is 290 g/mol. The molecule has 4 nitrogen and oxygen atoms in total. The fourth-order valence-corrected chi connectivity index (χ4v) is 2.21. The van der Waals surface area contributed by atoms with Crippen LogP contribution in [0.2, 0.25) is 0 Å². The molecule has 0 aliphatic carbocycles. The minimum absolute atomic E-state index is 0.0101. The van der Waals surface area contributed by atoms with Gasteiger partial charge in [0.25, 0.3) is 5.91 Å². The molecule has 0 aromatic heterocycles. The first-order valence-corrected chi connectivity index (χ1v) is 7.43. The third kappa shape index (κ3) is 4.33. The van der Waals surface area contributed by atoms with Crippen molar-refractivity contribution in [2.45, 2.75) is 20.3 Å². The average Bonchev–Trinajstić information content (AvgIpc) is 2.56. The molecule has 1 aliphatic heterocycles. The summed E-state index contributed by atoms with van der Waals surface area (Å²) in [6.07, 6.45) is 3.16. The molecule has 0 radical (unpaired) electrons. The van der Waals surface area contributed by atoms with E-state index in [2.05, 4.69) is 11.4 Å². The number of benzene rings is 1. The molecule has 0 bridgehead atoms. The maximum Gasteiger partial charge on any atom is 0.253 e. The molecule has 0 saturated carbocycles. The first-order valence-electron chi connectivity index (χ1n) is 7.43. The fraction of sp³-hybridized carbons (Fsp3) is 0.471. The predicted molar refractivity (Wildman–Crippen MR) is 87.8 cm³/mol. The molecule has 1 aromatic rings. The highest BCUT2D eigenvalue weighted by atomic mass is 16.5. The Morgan fingerprint density at radius 1 is 1.29 bits per heavy atom. The molecule has 4 heteroatoms. The maximum atomic E-state index is 11.9. The molecule has 1 heterocycles. The number of carbonyl (C=O) groups is 1. The van der Waals surface area contributed by atoms with Gasteiger partial charge in [-0.1, -0.05) is 26.0 Å². The first-order chi connectivity index (χ1) is 10.1. The van der Waals surface area contributed by atoms with Gasteiger partial charge in [0.2, 0.25) is 0 Å². The van der Waals surface area contributed by atoms with Crippen LogP contribution in [0.3, 0.4) is 0 Å². The highest BCUT2D eigenvalue weighted by Crippen LogP contribution is 2.30. The van der Waals surface area contributed by atoms with E-state index in [9.17, 15) is 4.79 Å². The summed E-state index contributed by atoms with van der Waals surface area (Å²) in [4.78, 5) is 13.5. The van der Waals surface area contributed by atoms with Crippen LogP contribution in [0.4, 0.5) is 0 Å². The number of ether oxygens (including phenoxy) is 1. The van der Waals surface area contributed by atoms with Crippen molar-refractivity contribution in [1.82, 2.24) is 10.2 Å². The van der Waals surface area contributed by atoms with E-state index in [1.165, 1.54) is 5.57 Å². The number of nitrogens with one attached hydrogen (secondary N) is 1. The molecule has 0 saturated heterocycles. The van der Waals surface area contributed by atoms with E-state index < -0.39 is 0 Å². The summed E-state index contributed by atoms with van der Waals surface area (Å²) >= 11 is 0. The van der Waals surface area contributed by atoms with E-state index >= 15 is 0 Å². The Morgan fingerprint density at radius 3 is 2.52 bits per heavy atom. The lowest BCUT2D eigenvalue weighted by atomic mass is 9.97. The van der Waals surface area contributed by atoms with E-state index in [1.54, 1.807) is 26.1 Å². The topological polar surface area (TPSA) is 41.6 Å². The van der Waals surface area contributed by atoms with E-state index in [-0.39, 0.29) is 5.91 Å². The van der Waals surface area contributed by atoms with Crippen LogP contribution in [0.15, 0.2) is 24.3 Å². The van der Waals surface area contributed by atoms with Gasteiger partial charge in [0.05, 0.1) is 7.11 Å². The van der Waals surface area contributed by atoms with Crippen LogP contribution < -0.4 is 10.1 Å². The molecule has 2 rings (SSSR count). The van der Waals surface area contributed by atoms with Crippen LogP contribution in [0.1, 0.15) is 36.2 Å². The molecule has 1 N–H and O–H groups in total. The molecule has 0 fully saturated rings. The van der Waals surface area contributed by atoms with Crippen LogP contribution in [-0.2, 0) is 0 Å². The van der Waals surface area contributed by atoms with Crippen LogP contribution in [0.25, 0.3) is 5.57 Å². The molecular weight excluding hydrogens is 264 g/mol. The number of amides is 1. The number of methoxy groups -OCH3 is 1. The van der Waals surface area contributed by atoms with Gasteiger partial charge < -0.3 is 15.0 Å². The molecular formula is C17H26N2O2. The Kier molecular flexibility index (Phi) is 6.96. The van der Waals surface area contributed by atoms with E-state index in [4.69, 9.17) is 4.74 Å². The summed E-state index contributed by atoms with van der Waals surface area (Å²) < 4.78 is 5.44. The highest BCUT2D eigenvalue weighted by molar-refractivity contribution is 5.95. The van der Waals surface area contributed by atoms with Crippen molar-refractivity contribution in [3.05, 3.63) is 35.4 Å². The van der Waals surface area contributed by atoms with Crippen molar-refractivity contribution in [3.63, 3.8) is 0 Å². The lowest BCUT2D eigenvalue weighted by Gasteiger charge is -2.18. The van der Waals surface area contributed by atoms with Crippen LogP contribution in [-0.4, -0.2) is 45.1 Å². The van der Waals surface area contributed by atoms with Gasteiger partial charge in [-0.2, -0.15) is 0 Å². The summed E-state index contributed by atoms with van der Waals surface area (Å²) in [6.45, 7) is 5.87. The molecule has 1 aliphatic rings. The second-order valence-corrected chi connectivity index (χ2v) is 4.80. The average molecular weight is 290 g/mol. The smallest absolute Gasteiger partial charge is 0.253 e. The third-order valence-electron chi connectivity index (χ3n) is 3.26. The summed E-state index contributed by atoms with van der Waals surface area (Å²) in [5, 5.41) is 3.29. The van der Waals surface area contributed by atoms with Gasteiger partial charge >= 0.3 is 0 Å². The molecule has 1 aromatic carbocycles. The zero-order chi connectivity index (χ0) is 15.8. The summed E-state index contributed by atoms with van der Waals surface area (Å²) in [6, 6.07) is 5.66. The summed E-state index contributed by atoms with van der Waals surface area (Å²) in [5.41, 5.74) is 3.01. The Balaban J connectivity index is 0.00000106. The zero-order valence-electron chi connectivity index (χ0n) is 13.7. The zero-order valence-corrected chi connectivity index (χ0v) is 13.7. The van der Waals surface area contributed by atoms with Gasteiger partial charge in [0.1, 0.15) is 5.75 Å². The summed E-state index contributed by atoms with van der Waals surface area (Å²) in [7, 11) is 5.14. The van der Waals surface area contributed by atoms with Gasteiger partial charge in [-0.15, -0.1) is 0 Å². The Labute approximate surface area is 127 Å². The van der Waals surface area contributed by atoms with Crippen molar-refractivity contribution in [1.29, 1.82) is 0 Å². The van der Waals surface area contributed by atoms with Crippen molar-refractivity contribution in [2.75, 3.05) is 34.3 Å². The Bertz CT molecular complexity index is 508. The molecule has 0 unspecified atom stereocenters. The van der Waals surface area contributed by atoms with Crippen molar-refractivity contribution >= 4 is 11.5 Å². The van der Waals surface area contributed by atoms with E-state index in [0.29, 0.717) is 5.56 Å². The van der Waals surface area contributed by atoms with E-state index in [0.717, 1.165) is 30.8 Å². The molecule has 0 spiro atoms. The van der Waals surface area contributed by atoms with Gasteiger partial charge in [0, 0.05) is 31.8 Å². The number of hydrogen-bond donors (Lipinski definition) is 1.